The summed E-state index contributed by atoms with van der Waals surface area (Å²) in [6.07, 6.45) is 4.59. The second kappa shape index (κ2) is 7.09. The van der Waals surface area contributed by atoms with Gasteiger partial charge in [0.25, 0.3) is 0 Å². The third kappa shape index (κ3) is 4.59. The molecule has 4 heteroatoms. The molecule has 0 fully saturated rings. The van der Waals surface area contributed by atoms with Gasteiger partial charge in [-0.1, -0.05) is 26.7 Å². The standard InChI is InChI=1S/C13H23N3O/c1-4-6-8-16(9-7-5-2)12-10-11(3)14-13(17)15-12/h10H,4-9H2,1-3H3,(H,14,15,17). The van der Waals surface area contributed by atoms with Crippen molar-refractivity contribution < 1.29 is 0 Å². The van der Waals surface area contributed by atoms with Crippen LogP contribution in [0.15, 0.2) is 10.9 Å². The molecule has 1 heterocycles. The van der Waals surface area contributed by atoms with Crippen molar-refractivity contribution in [2.75, 3.05) is 18.0 Å². The molecule has 1 N–H and O–H groups in total. The zero-order valence-corrected chi connectivity index (χ0v) is 11.1. The van der Waals surface area contributed by atoms with Gasteiger partial charge in [-0.2, -0.15) is 4.98 Å². The first kappa shape index (κ1) is 13.7. The van der Waals surface area contributed by atoms with Crippen LogP contribution >= 0.6 is 0 Å². The molecule has 17 heavy (non-hydrogen) atoms. The van der Waals surface area contributed by atoms with Gasteiger partial charge in [0.15, 0.2) is 0 Å². The molecule has 0 unspecified atom stereocenters. The summed E-state index contributed by atoms with van der Waals surface area (Å²) in [5.41, 5.74) is 0.621. The SMILES string of the molecule is CCCCN(CCCC)c1cc(C)[nH]c(=O)n1. The lowest BCUT2D eigenvalue weighted by molar-refractivity contribution is 0.668. The molecule has 0 aliphatic rings. The molecule has 0 bridgehead atoms. The number of hydrogen-bond donors (Lipinski definition) is 1. The van der Waals surface area contributed by atoms with E-state index in [-0.39, 0.29) is 5.69 Å². The highest BCUT2D eigenvalue weighted by molar-refractivity contribution is 5.38. The van der Waals surface area contributed by atoms with Crippen molar-refractivity contribution in [2.45, 2.75) is 46.5 Å². The zero-order valence-electron chi connectivity index (χ0n) is 11.1. The van der Waals surface area contributed by atoms with E-state index in [1.165, 1.54) is 0 Å². The van der Waals surface area contributed by atoms with E-state index in [1.54, 1.807) is 0 Å². The fraction of sp³-hybridized carbons (Fsp3) is 0.692. The number of rotatable bonds is 7. The van der Waals surface area contributed by atoms with E-state index in [1.807, 2.05) is 13.0 Å². The first-order valence-electron chi connectivity index (χ1n) is 6.50. The van der Waals surface area contributed by atoms with E-state index in [0.29, 0.717) is 0 Å². The van der Waals surface area contributed by atoms with Crippen LogP contribution in [0, 0.1) is 6.92 Å². The minimum Gasteiger partial charge on any atom is -0.356 e. The molecule has 0 saturated carbocycles. The Hall–Kier alpha value is -1.32. The van der Waals surface area contributed by atoms with E-state index in [0.717, 1.165) is 50.3 Å². The second-order valence-corrected chi connectivity index (χ2v) is 4.42. The number of hydrogen-bond acceptors (Lipinski definition) is 3. The minimum absolute atomic E-state index is 0.252. The van der Waals surface area contributed by atoms with Crippen LogP contribution in [0.4, 0.5) is 5.82 Å². The maximum atomic E-state index is 11.4. The monoisotopic (exact) mass is 237 g/mol. The molecule has 0 saturated heterocycles. The van der Waals surface area contributed by atoms with Crippen molar-refractivity contribution in [1.29, 1.82) is 0 Å². The van der Waals surface area contributed by atoms with Crippen LogP contribution in [0.1, 0.15) is 45.2 Å². The van der Waals surface area contributed by atoms with Gasteiger partial charge >= 0.3 is 5.69 Å². The molecule has 1 aromatic heterocycles. The molecule has 0 spiro atoms. The summed E-state index contributed by atoms with van der Waals surface area (Å²) < 4.78 is 0. The van der Waals surface area contributed by atoms with Gasteiger partial charge < -0.3 is 9.88 Å². The van der Waals surface area contributed by atoms with E-state index < -0.39 is 0 Å². The van der Waals surface area contributed by atoms with Crippen LogP contribution in [-0.4, -0.2) is 23.1 Å². The molecular formula is C13H23N3O. The summed E-state index contributed by atoms with van der Waals surface area (Å²) in [4.78, 5) is 20.3. The van der Waals surface area contributed by atoms with Gasteiger partial charge in [-0.3, -0.25) is 0 Å². The summed E-state index contributed by atoms with van der Waals surface area (Å²) in [6, 6.07) is 1.95. The number of anilines is 1. The highest BCUT2D eigenvalue weighted by atomic mass is 16.1. The van der Waals surface area contributed by atoms with E-state index in [2.05, 4.69) is 28.7 Å². The molecule has 1 rings (SSSR count). The molecule has 0 radical (unpaired) electrons. The largest absolute Gasteiger partial charge is 0.356 e. The fourth-order valence-electron chi connectivity index (χ4n) is 1.76. The molecule has 0 aliphatic heterocycles. The average molecular weight is 237 g/mol. The Bertz CT molecular complexity index is 378. The van der Waals surface area contributed by atoms with Gasteiger partial charge in [-0.15, -0.1) is 0 Å². The lowest BCUT2D eigenvalue weighted by Gasteiger charge is -2.23. The quantitative estimate of drug-likeness (QED) is 0.792. The predicted molar refractivity (Wildman–Crippen MR) is 71.6 cm³/mol. The van der Waals surface area contributed by atoms with E-state index in [4.69, 9.17) is 0 Å². The highest BCUT2D eigenvalue weighted by Gasteiger charge is 2.08. The van der Waals surface area contributed by atoms with Gasteiger partial charge in [0.05, 0.1) is 0 Å². The summed E-state index contributed by atoms with van der Waals surface area (Å²) >= 11 is 0. The summed E-state index contributed by atoms with van der Waals surface area (Å²) in [5.74, 6) is 0.813. The van der Waals surface area contributed by atoms with Crippen molar-refractivity contribution in [3.05, 3.63) is 22.2 Å². The predicted octanol–water partition coefficient (Wildman–Crippen LogP) is 2.48. The number of nitrogens with one attached hydrogen (secondary N) is 1. The number of aromatic nitrogens is 2. The molecule has 1 aromatic rings. The minimum atomic E-state index is -0.252. The average Bonchev–Trinajstić information content (AvgIpc) is 2.28. The topological polar surface area (TPSA) is 49.0 Å². The molecular weight excluding hydrogens is 214 g/mol. The second-order valence-electron chi connectivity index (χ2n) is 4.42. The molecule has 0 aromatic carbocycles. The van der Waals surface area contributed by atoms with Gasteiger partial charge in [0.1, 0.15) is 5.82 Å². The van der Waals surface area contributed by atoms with Gasteiger partial charge in [0, 0.05) is 18.8 Å². The van der Waals surface area contributed by atoms with Crippen molar-refractivity contribution in [1.82, 2.24) is 9.97 Å². The highest BCUT2D eigenvalue weighted by Crippen LogP contribution is 2.11. The van der Waals surface area contributed by atoms with Crippen molar-refractivity contribution in [2.24, 2.45) is 0 Å². The Morgan fingerprint density at radius 3 is 2.29 bits per heavy atom. The van der Waals surface area contributed by atoms with Gasteiger partial charge in [-0.05, 0) is 25.8 Å². The van der Waals surface area contributed by atoms with Crippen LogP contribution < -0.4 is 10.6 Å². The van der Waals surface area contributed by atoms with E-state index >= 15 is 0 Å². The molecule has 4 nitrogen and oxygen atoms in total. The Morgan fingerprint density at radius 2 is 1.82 bits per heavy atom. The van der Waals surface area contributed by atoms with Crippen LogP contribution in [0.2, 0.25) is 0 Å². The van der Waals surface area contributed by atoms with Crippen LogP contribution in [-0.2, 0) is 0 Å². The van der Waals surface area contributed by atoms with Crippen molar-refractivity contribution >= 4 is 5.82 Å². The summed E-state index contributed by atoms with van der Waals surface area (Å²) in [5, 5.41) is 0. The lowest BCUT2D eigenvalue weighted by atomic mass is 10.2. The van der Waals surface area contributed by atoms with Crippen LogP contribution in [0.5, 0.6) is 0 Å². The van der Waals surface area contributed by atoms with E-state index in [9.17, 15) is 4.79 Å². The number of aryl methyl sites for hydroxylation is 1. The van der Waals surface area contributed by atoms with Gasteiger partial charge in [0.2, 0.25) is 0 Å². The lowest BCUT2D eigenvalue weighted by Crippen LogP contribution is -2.29. The maximum Gasteiger partial charge on any atom is 0.347 e. The van der Waals surface area contributed by atoms with Crippen LogP contribution in [0.3, 0.4) is 0 Å². The molecule has 0 atom stereocenters. The molecule has 0 aliphatic carbocycles. The Labute approximate surface area is 103 Å². The number of nitrogens with zero attached hydrogens (tertiary/aromatic N) is 2. The third-order valence-electron chi connectivity index (χ3n) is 2.75. The Morgan fingerprint density at radius 1 is 1.24 bits per heavy atom. The summed E-state index contributed by atoms with van der Waals surface area (Å²) in [6.45, 7) is 8.20. The number of H-pyrrole nitrogens is 1. The fourth-order valence-corrected chi connectivity index (χ4v) is 1.76. The third-order valence-corrected chi connectivity index (χ3v) is 2.75. The molecule has 0 amide bonds. The smallest absolute Gasteiger partial charge is 0.347 e. The first-order valence-corrected chi connectivity index (χ1v) is 6.50. The normalized spacial score (nSPS) is 10.5. The van der Waals surface area contributed by atoms with Crippen molar-refractivity contribution in [3.8, 4) is 0 Å². The summed E-state index contributed by atoms with van der Waals surface area (Å²) in [7, 11) is 0. The maximum absolute atomic E-state index is 11.4. The number of unbranched alkanes of at least 4 members (excludes halogenated alkanes) is 2. The molecule has 96 valence electrons. The number of aromatic amines is 1. The van der Waals surface area contributed by atoms with Gasteiger partial charge in [-0.25, -0.2) is 4.79 Å². The van der Waals surface area contributed by atoms with Crippen LogP contribution in [0.25, 0.3) is 0 Å². The van der Waals surface area contributed by atoms with Crippen molar-refractivity contribution in [3.63, 3.8) is 0 Å². The zero-order chi connectivity index (χ0) is 12.7. The Kier molecular flexibility index (Phi) is 5.73. The first-order chi connectivity index (χ1) is 8.17. The Balaban J connectivity index is 2.82.